The van der Waals surface area contributed by atoms with E-state index in [4.69, 9.17) is 5.11 Å². The van der Waals surface area contributed by atoms with E-state index in [1.807, 2.05) is 0 Å². The second-order valence-corrected chi connectivity index (χ2v) is 4.06. The normalized spacial score (nSPS) is 10.3. The predicted octanol–water partition coefficient (Wildman–Crippen LogP) is 3.41. The number of anilines is 1. The summed E-state index contributed by atoms with van der Waals surface area (Å²) in [7, 11) is 0. The van der Waals surface area contributed by atoms with Crippen molar-refractivity contribution in [3.05, 3.63) is 65.0 Å². The van der Waals surface area contributed by atoms with E-state index < -0.39 is 29.0 Å². The average Bonchev–Trinajstić information content (AvgIpc) is 2.39. The number of carbonyl (C=O) groups is 1. The molecule has 2 aromatic rings. The van der Waals surface area contributed by atoms with E-state index in [9.17, 15) is 18.0 Å². The molecule has 0 saturated carbocycles. The van der Waals surface area contributed by atoms with Crippen LogP contribution >= 0.6 is 0 Å². The van der Waals surface area contributed by atoms with Crippen molar-refractivity contribution in [3.63, 3.8) is 0 Å². The number of carboxylic acids is 1. The summed E-state index contributed by atoms with van der Waals surface area (Å²) >= 11 is 0. The minimum atomic E-state index is -1.44. The van der Waals surface area contributed by atoms with Crippen LogP contribution < -0.4 is 5.32 Å². The predicted molar refractivity (Wildman–Crippen MR) is 67.0 cm³/mol. The number of aromatic carboxylic acids is 1. The zero-order chi connectivity index (χ0) is 14.7. The molecule has 104 valence electrons. The van der Waals surface area contributed by atoms with Crippen LogP contribution in [-0.2, 0) is 6.54 Å². The second-order valence-electron chi connectivity index (χ2n) is 4.06. The van der Waals surface area contributed by atoms with Crippen LogP contribution in [0.3, 0.4) is 0 Å². The minimum Gasteiger partial charge on any atom is -0.478 e. The zero-order valence-corrected chi connectivity index (χ0v) is 10.2. The molecule has 2 aromatic carbocycles. The van der Waals surface area contributed by atoms with Gasteiger partial charge < -0.3 is 10.4 Å². The molecule has 3 nitrogen and oxygen atoms in total. The standard InChI is InChI=1S/C14H10F3NO2/c15-9-4-5-10(16)8(6-9)7-18-12-3-1-2-11(17)13(12)14(19)20/h1-6,18H,7H2,(H,19,20). The lowest BCUT2D eigenvalue weighted by molar-refractivity contribution is 0.0693. The van der Waals surface area contributed by atoms with Gasteiger partial charge in [0, 0.05) is 12.1 Å². The van der Waals surface area contributed by atoms with Gasteiger partial charge in [-0.25, -0.2) is 18.0 Å². The van der Waals surface area contributed by atoms with Gasteiger partial charge in [-0.2, -0.15) is 0 Å². The van der Waals surface area contributed by atoms with Crippen molar-refractivity contribution in [2.24, 2.45) is 0 Å². The first-order chi connectivity index (χ1) is 9.49. The van der Waals surface area contributed by atoms with Gasteiger partial charge in [0.25, 0.3) is 0 Å². The van der Waals surface area contributed by atoms with Gasteiger partial charge in [-0.1, -0.05) is 6.07 Å². The van der Waals surface area contributed by atoms with Gasteiger partial charge in [0.15, 0.2) is 0 Å². The van der Waals surface area contributed by atoms with Crippen LogP contribution in [0.5, 0.6) is 0 Å². The first-order valence-electron chi connectivity index (χ1n) is 5.68. The Morgan fingerprint density at radius 3 is 2.55 bits per heavy atom. The third-order valence-corrected chi connectivity index (χ3v) is 2.70. The summed E-state index contributed by atoms with van der Waals surface area (Å²) in [5.74, 6) is -3.58. The highest BCUT2D eigenvalue weighted by Gasteiger charge is 2.15. The van der Waals surface area contributed by atoms with Gasteiger partial charge in [-0.15, -0.1) is 0 Å². The molecular weight excluding hydrogens is 271 g/mol. The number of hydrogen-bond acceptors (Lipinski definition) is 2. The van der Waals surface area contributed by atoms with Crippen LogP contribution in [0.4, 0.5) is 18.9 Å². The number of carboxylic acid groups (broad SMARTS) is 1. The van der Waals surface area contributed by atoms with E-state index in [1.54, 1.807) is 0 Å². The van der Waals surface area contributed by atoms with E-state index in [0.717, 1.165) is 24.3 Å². The fourth-order valence-electron chi connectivity index (χ4n) is 1.76. The molecule has 0 saturated heterocycles. The van der Waals surface area contributed by atoms with E-state index in [0.29, 0.717) is 0 Å². The van der Waals surface area contributed by atoms with Crippen molar-refractivity contribution in [1.82, 2.24) is 0 Å². The van der Waals surface area contributed by atoms with Crippen molar-refractivity contribution >= 4 is 11.7 Å². The summed E-state index contributed by atoms with van der Waals surface area (Å²) in [6.45, 7) is -0.159. The molecule has 0 bridgehead atoms. The van der Waals surface area contributed by atoms with Crippen molar-refractivity contribution in [2.45, 2.75) is 6.54 Å². The molecule has 0 amide bonds. The summed E-state index contributed by atoms with van der Waals surface area (Å²) in [6.07, 6.45) is 0. The molecule has 0 heterocycles. The highest BCUT2D eigenvalue weighted by atomic mass is 19.1. The Morgan fingerprint density at radius 2 is 1.85 bits per heavy atom. The van der Waals surface area contributed by atoms with Crippen LogP contribution in [0.15, 0.2) is 36.4 Å². The van der Waals surface area contributed by atoms with Crippen molar-refractivity contribution < 1.29 is 23.1 Å². The van der Waals surface area contributed by atoms with E-state index in [2.05, 4.69) is 5.32 Å². The molecule has 0 radical (unpaired) electrons. The summed E-state index contributed by atoms with van der Waals surface area (Å²) in [5.41, 5.74) is -0.518. The lowest BCUT2D eigenvalue weighted by Gasteiger charge is -2.10. The Balaban J connectivity index is 2.25. The van der Waals surface area contributed by atoms with E-state index in [-0.39, 0.29) is 17.8 Å². The largest absolute Gasteiger partial charge is 0.478 e. The SMILES string of the molecule is O=C(O)c1c(F)cccc1NCc1cc(F)ccc1F. The molecule has 0 aromatic heterocycles. The molecule has 0 unspecified atom stereocenters. The Bertz CT molecular complexity index is 659. The van der Waals surface area contributed by atoms with Gasteiger partial charge in [-0.3, -0.25) is 0 Å². The van der Waals surface area contributed by atoms with Crippen molar-refractivity contribution in [2.75, 3.05) is 5.32 Å². The summed E-state index contributed by atoms with van der Waals surface area (Å²) in [6, 6.07) is 6.62. The second kappa shape index (κ2) is 5.64. The Morgan fingerprint density at radius 1 is 1.10 bits per heavy atom. The molecular formula is C14H10F3NO2. The minimum absolute atomic E-state index is 0.00108. The molecule has 0 spiro atoms. The Hall–Kier alpha value is -2.50. The maximum absolute atomic E-state index is 13.4. The quantitative estimate of drug-likeness (QED) is 0.902. The van der Waals surface area contributed by atoms with E-state index in [1.165, 1.54) is 12.1 Å². The lowest BCUT2D eigenvalue weighted by Crippen LogP contribution is -2.09. The van der Waals surface area contributed by atoms with Crippen LogP contribution in [0.1, 0.15) is 15.9 Å². The Labute approximate surface area is 112 Å². The number of benzene rings is 2. The van der Waals surface area contributed by atoms with Gasteiger partial charge in [-0.05, 0) is 30.3 Å². The Kier molecular flexibility index (Phi) is 3.93. The van der Waals surface area contributed by atoms with E-state index >= 15 is 0 Å². The summed E-state index contributed by atoms with van der Waals surface area (Å²) in [5, 5.41) is 11.5. The van der Waals surface area contributed by atoms with Crippen LogP contribution in [0.25, 0.3) is 0 Å². The van der Waals surface area contributed by atoms with Crippen molar-refractivity contribution in [3.8, 4) is 0 Å². The highest BCUT2D eigenvalue weighted by molar-refractivity contribution is 5.94. The van der Waals surface area contributed by atoms with Gasteiger partial charge in [0.05, 0.1) is 5.69 Å². The van der Waals surface area contributed by atoms with Crippen molar-refractivity contribution in [1.29, 1.82) is 0 Å². The third-order valence-electron chi connectivity index (χ3n) is 2.70. The summed E-state index contributed by atoms with van der Waals surface area (Å²) in [4.78, 5) is 11.0. The molecule has 6 heteroatoms. The first-order valence-corrected chi connectivity index (χ1v) is 5.68. The number of halogens is 3. The molecule has 20 heavy (non-hydrogen) atoms. The molecule has 0 atom stereocenters. The smallest absolute Gasteiger partial charge is 0.340 e. The highest BCUT2D eigenvalue weighted by Crippen LogP contribution is 2.20. The molecule has 0 fully saturated rings. The molecule has 0 aliphatic carbocycles. The number of hydrogen-bond donors (Lipinski definition) is 2. The van der Waals surface area contributed by atoms with Crippen LogP contribution in [0.2, 0.25) is 0 Å². The fourth-order valence-corrected chi connectivity index (χ4v) is 1.76. The summed E-state index contributed by atoms with van der Waals surface area (Å²) < 4.78 is 39.8. The fraction of sp³-hybridized carbons (Fsp3) is 0.0714. The monoisotopic (exact) mass is 281 g/mol. The molecule has 0 aliphatic heterocycles. The topological polar surface area (TPSA) is 49.3 Å². The van der Waals surface area contributed by atoms with Gasteiger partial charge in [0.2, 0.25) is 0 Å². The molecule has 2 rings (SSSR count). The third kappa shape index (κ3) is 2.90. The maximum atomic E-state index is 13.4. The molecule has 2 N–H and O–H groups in total. The van der Waals surface area contributed by atoms with Crippen LogP contribution in [-0.4, -0.2) is 11.1 Å². The zero-order valence-electron chi connectivity index (χ0n) is 10.2. The maximum Gasteiger partial charge on any atom is 0.340 e. The number of rotatable bonds is 4. The van der Waals surface area contributed by atoms with Gasteiger partial charge >= 0.3 is 5.97 Å². The number of nitrogens with one attached hydrogen (secondary N) is 1. The van der Waals surface area contributed by atoms with Crippen LogP contribution in [0, 0.1) is 17.5 Å². The van der Waals surface area contributed by atoms with Gasteiger partial charge in [0.1, 0.15) is 23.0 Å². The molecule has 0 aliphatic rings. The average molecular weight is 281 g/mol. The lowest BCUT2D eigenvalue weighted by atomic mass is 10.1. The first kappa shape index (κ1) is 13.9.